The van der Waals surface area contributed by atoms with E-state index in [-0.39, 0.29) is 18.4 Å². The first-order chi connectivity index (χ1) is 10.5. The first-order valence-electron chi connectivity index (χ1n) is 6.49. The van der Waals surface area contributed by atoms with E-state index < -0.39 is 0 Å². The van der Waals surface area contributed by atoms with E-state index in [2.05, 4.69) is 20.3 Å². The van der Waals surface area contributed by atoms with Crippen LogP contribution in [0.5, 0.6) is 0 Å². The molecule has 0 spiro atoms. The van der Waals surface area contributed by atoms with E-state index in [9.17, 15) is 9.59 Å². The Balaban J connectivity index is 1.92. The SMILES string of the molecule is CNc1snc(C)c1C(=O)NCC(=O)Nc1ccc(Cl)cc1. The predicted octanol–water partition coefficient (Wildman–Crippen LogP) is 2.52. The number of carbonyl (C=O) groups is 2. The van der Waals surface area contributed by atoms with E-state index in [0.29, 0.717) is 27.0 Å². The number of hydrogen-bond acceptors (Lipinski definition) is 5. The van der Waals surface area contributed by atoms with Gasteiger partial charge in [0, 0.05) is 17.8 Å². The van der Waals surface area contributed by atoms with E-state index in [4.69, 9.17) is 11.6 Å². The van der Waals surface area contributed by atoms with Gasteiger partial charge < -0.3 is 16.0 Å². The van der Waals surface area contributed by atoms with Gasteiger partial charge in [0.05, 0.1) is 17.8 Å². The molecule has 0 aliphatic carbocycles. The van der Waals surface area contributed by atoms with Gasteiger partial charge in [-0.25, -0.2) is 0 Å². The molecule has 0 unspecified atom stereocenters. The molecule has 0 aliphatic rings. The number of anilines is 2. The molecule has 6 nitrogen and oxygen atoms in total. The molecule has 0 atom stereocenters. The van der Waals surface area contributed by atoms with Crippen LogP contribution < -0.4 is 16.0 Å². The van der Waals surface area contributed by atoms with Crippen LogP contribution in [0.25, 0.3) is 0 Å². The van der Waals surface area contributed by atoms with Crippen LogP contribution >= 0.6 is 23.1 Å². The third-order valence-electron chi connectivity index (χ3n) is 2.85. The van der Waals surface area contributed by atoms with Gasteiger partial charge in [0.1, 0.15) is 5.00 Å². The Kier molecular flexibility index (Phi) is 5.35. The number of aromatic nitrogens is 1. The summed E-state index contributed by atoms with van der Waals surface area (Å²) in [6.45, 7) is 1.62. The second-order valence-corrected chi connectivity index (χ2v) is 5.67. The van der Waals surface area contributed by atoms with Gasteiger partial charge in [-0.3, -0.25) is 9.59 Å². The van der Waals surface area contributed by atoms with E-state index in [1.165, 1.54) is 11.5 Å². The van der Waals surface area contributed by atoms with E-state index in [0.717, 1.165) is 0 Å². The van der Waals surface area contributed by atoms with Gasteiger partial charge in [0.25, 0.3) is 5.91 Å². The first kappa shape index (κ1) is 16.3. The summed E-state index contributed by atoms with van der Waals surface area (Å²) in [5, 5.41) is 9.43. The van der Waals surface area contributed by atoms with Crippen LogP contribution in [-0.2, 0) is 4.79 Å². The maximum absolute atomic E-state index is 12.1. The van der Waals surface area contributed by atoms with Gasteiger partial charge in [-0.2, -0.15) is 4.37 Å². The zero-order valence-electron chi connectivity index (χ0n) is 12.1. The van der Waals surface area contributed by atoms with Crippen molar-refractivity contribution in [3.8, 4) is 0 Å². The molecule has 0 radical (unpaired) electrons. The lowest BCUT2D eigenvalue weighted by Gasteiger charge is -2.08. The fourth-order valence-corrected chi connectivity index (χ4v) is 2.66. The molecule has 0 saturated carbocycles. The smallest absolute Gasteiger partial charge is 0.256 e. The van der Waals surface area contributed by atoms with Crippen molar-refractivity contribution in [3.05, 3.63) is 40.5 Å². The van der Waals surface area contributed by atoms with Crippen molar-refractivity contribution in [2.24, 2.45) is 0 Å². The molecule has 0 aliphatic heterocycles. The molecule has 0 saturated heterocycles. The highest BCUT2D eigenvalue weighted by Crippen LogP contribution is 2.23. The second kappa shape index (κ2) is 7.24. The Morgan fingerprint density at radius 1 is 1.27 bits per heavy atom. The maximum atomic E-state index is 12.1. The molecule has 2 aromatic rings. The normalized spacial score (nSPS) is 10.1. The second-order valence-electron chi connectivity index (χ2n) is 4.46. The predicted molar refractivity (Wildman–Crippen MR) is 88.8 cm³/mol. The lowest BCUT2D eigenvalue weighted by atomic mass is 10.2. The Morgan fingerprint density at radius 3 is 2.59 bits per heavy atom. The van der Waals surface area contributed by atoms with Gasteiger partial charge in [0.15, 0.2) is 0 Å². The quantitative estimate of drug-likeness (QED) is 0.782. The minimum absolute atomic E-state index is 0.125. The maximum Gasteiger partial charge on any atom is 0.256 e. The standard InChI is InChI=1S/C14H15ClN4O2S/c1-8-12(14(16-2)22-19-8)13(21)17-7-11(20)18-10-5-3-9(15)4-6-10/h3-6,16H,7H2,1-2H3,(H,17,21)(H,18,20). The molecule has 1 heterocycles. The largest absolute Gasteiger partial charge is 0.378 e. The van der Waals surface area contributed by atoms with E-state index in [1.807, 2.05) is 0 Å². The summed E-state index contributed by atoms with van der Waals surface area (Å²) in [5.41, 5.74) is 1.71. The van der Waals surface area contributed by atoms with Crippen molar-refractivity contribution in [1.29, 1.82) is 0 Å². The van der Waals surface area contributed by atoms with Crippen molar-refractivity contribution < 1.29 is 9.59 Å². The molecule has 1 aromatic carbocycles. The van der Waals surface area contributed by atoms with Gasteiger partial charge in [-0.1, -0.05) is 11.6 Å². The molecule has 3 N–H and O–H groups in total. The lowest BCUT2D eigenvalue weighted by molar-refractivity contribution is -0.115. The number of carbonyl (C=O) groups excluding carboxylic acids is 2. The van der Waals surface area contributed by atoms with Crippen LogP contribution in [0.3, 0.4) is 0 Å². The van der Waals surface area contributed by atoms with Crippen molar-refractivity contribution in [1.82, 2.24) is 9.69 Å². The summed E-state index contributed by atoms with van der Waals surface area (Å²) >= 11 is 6.98. The molecule has 0 bridgehead atoms. The van der Waals surface area contributed by atoms with Crippen LogP contribution in [0, 0.1) is 6.92 Å². The average molecular weight is 339 g/mol. The Bertz CT molecular complexity index is 685. The molecule has 116 valence electrons. The summed E-state index contributed by atoms with van der Waals surface area (Å²) in [4.78, 5) is 23.9. The fourth-order valence-electron chi connectivity index (χ4n) is 1.80. The zero-order valence-corrected chi connectivity index (χ0v) is 13.6. The molecular formula is C14H15ClN4O2S. The summed E-state index contributed by atoms with van der Waals surface area (Å²) in [5.74, 6) is -0.649. The van der Waals surface area contributed by atoms with Gasteiger partial charge in [-0.05, 0) is 42.7 Å². The topological polar surface area (TPSA) is 83.1 Å². The van der Waals surface area contributed by atoms with Gasteiger partial charge >= 0.3 is 0 Å². The molecule has 8 heteroatoms. The molecular weight excluding hydrogens is 324 g/mol. The number of nitrogens with zero attached hydrogens (tertiary/aromatic N) is 1. The summed E-state index contributed by atoms with van der Waals surface area (Å²) in [6, 6.07) is 6.73. The molecule has 1 aromatic heterocycles. The van der Waals surface area contributed by atoms with E-state index in [1.54, 1.807) is 38.2 Å². The number of hydrogen-bond donors (Lipinski definition) is 3. The third-order valence-corrected chi connectivity index (χ3v) is 4.06. The Morgan fingerprint density at radius 2 is 1.95 bits per heavy atom. The van der Waals surface area contributed by atoms with Gasteiger partial charge in [-0.15, -0.1) is 0 Å². The molecule has 0 fully saturated rings. The Labute approximate surface area is 137 Å². The van der Waals surface area contributed by atoms with Crippen molar-refractivity contribution >= 4 is 45.6 Å². The first-order valence-corrected chi connectivity index (χ1v) is 7.64. The summed E-state index contributed by atoms with van der Waals surface area (Å²) < 4.78 is 4.12. The van der Waals surface area contributed by atoms with Crippen LogP contribution in [0.2, 0.25) is 5.02 Å². The number of nitrogens with one attached hydrogen (secondary N) is 3. The number of aryl methyl sites for hydroxylation is 1. The van der Waals surface area contributed by atoms with Crippen LogP contribution in [0.15, 0.2) is 24.3 Å². The van der Waals surface area contributed by atoms with Crippen LogP contribution in [0.1, 0.15) is 16.1 Å². The minimum atomic E-state index is -0.332. The number of halogens is 1. The Hall–Kier alpha value is -2.12. The molecule has 2 rings (SSSR count). The fraction of sp³-hybridized carbons (Fsp3) is 0.214. The third kappa shape index (κ3) is 3.96. The highest BCUT2D eigenvalue weighted by molar-refractivity contribution is 7.10. The van der Waals surface area contributed by atoms with Gasteiger partial charge in [0.2, 0.25) is 5.91 Å². The highest BCUT2D eigenvalue weighted by atomic mass is 35.5. The van der Waals surface area contributed by atoms with Crippen molar-refractivity contribution in [3.63, 3.8) is 0 Å². The highest BCUT2D eigenvalue weighted by Gasteiger charge is 2.18. The minimum Gasteiger partial charge on any atom is -0.378 e. The number of rotatable bonds is 5. The van der Waals surface area contributed by atoms with Crippen LogP contribution in [0.4, 0.5) is 10.7 Å². The number of benzene rings is 1. The lowest BCUT2D eigenvalue weighted by Crippen LogP contribution is -2.33. The number of amides is 2. The average Bonchev–Trinajstić information content (AvgIpc) is 2.88. The van der Waals surface area contributed by atoms with E-state index >= 15 is 0 Å². The molecule has 22 heavy (non-hydrogen) atoms. The van der Waals surface area contributed by atoms with Crippen molar-refractivity contribution in [2.45, 2.75) is 6.92 Å². The monoisotopic (exact) mass is 338 g/mol. The van der Waals surface area contributed by atoms with Crippen LogP contribution in [-0.4, -0.2) is 29.8 Å². The molecule has 2 amide bonds. The summed E-state index contributed by atoms with van der Waals surface area (Å²) in [7, 11) is 1.72. The summed E-state index contributed by atoms with van der Waals surface area (Å²) in [6.07, 6.45) is 0. The van der Waals surface area contributed by atoms with Crippen molar-refractivity contribution in [2.75, 3.05) is 24.2 Å². The zero-order chi connectivity index (χ0) is 16.1.